The summed E-state index contributed by atoms with van der Waals surface area (Å²) in [6, 6.07) is 0.0720. The molecular weight excluding hydrogens is 194 g/mol. The van der Waals surface area contributed by atoms with Crippen LogP contribution in [-0.2, 0) is 9.59 Å². The van der Waals surface area contributed by atoms with Crippen molar-refractivity contribution >= 4 is 11.7 Å². The number of nitrogens with zero attached hydrogens (tertiary/aromatic N) is 1. The molecule has 0 radical (unpaired) electrons. The summed E-state index contributed by atoms with van der Waals surface area (Å²) < 4.78 is 0. The Bertz CT molecular complexity index is 253. The number of carbonyl (C=O) groups excluding carboxylic acids is 2. The lowest BCUT2D eigenvalue weighted by Gasteiger charge is -2.34. The quantitative estimate of drug-likeness (QED) is 0.743. The zero-order chi connectivity index (χ0) is 11.6. The summed E-state index contributed by atoms with van der Waals surface area (Å²) in [4.78, 5) is 24.4. The number of Topliss-reactive ketones (excluding diaryl/α,β-unsaturated/α-hetero) is 1. The lowest BCUT2D eigenvalue weighted by molar-refractivity contribution is -0.147. The zero-order valence-corrected chi connectivity index (χ0v) is 9.56. The number of amides is 1. The molecule has 4 nitrogen and oxygen atoms in total. The van der Waals surface area contributed by atoms with Crippen LogP contribution in [0.15, 0.2) is 0 Å². The zero-order valence-electron chi connectivity index (χ0n) is 9.56. The molecule has 1 aliphatic carbocycles. The summed E-state index contributed by atoms with van der Waals surface area (Å²) in [5.41, 5.74) is 0. The highest BCUT2D eigenvalue weighted by molar-refractivity contribution is 5.96. The Morgan fingerprint density at radius 2 is 2.00 bits per heavy atom. The third-order valence-electron chi connectivity index (χ3n) is 2.66. The van der Waals surface area contributed by atoms with Gasteiger partial charge in [0.15, 0.2) is 0 Å². The largest absolute Gasteiger partial charge is 0.392 e. The van der Waals surface area contributed by atoms with E-state index in [1.54, 1.807) is 11.8 Å². The second-order valence-electron chi connectivity index (χ2n) is 4.58. The predicted molar refractivity (Wildman–Crippen MR) is 56.3 cm³/mol. The molecule has 4 heteroatoms. The van der Waals surface area contributed by atoms with Gasteiger partial charge in [0.25, 0.3) is 0 Å². The minimum Gasteiger partial charge on any atom is -0.392 e. The van der Waals surface area contributed by atoms with E-state index >= 15 is 0 Å². The number of hydrogen-bond acceptors (Lipinski definition) is 3. The molecule has 1 amide bonds. The van der Waals surface area contributed by atoms with E-state index in [9.17, 15) is 14.7 Å². The standard InChI is InChI=1S/C11H19NO3/c1-7(2)12(6-8(3)13)11(15)9-4-10(14)5-9/h7-9,13H,4-6H2,1-3H3. The molecular formula is C11H19NO3. The summed E-state index contributed by atoms with van der Waals surface area (Å²) in [5, 5.41) is 9.28. The smallest absolute Gasteiger partial charge is 0.226 e. The summed E-state index contributed by atoms with van der Waals surface area (Å²) in [7, 11) is 0. The van der Waals surface area contributed by atoms with Crippen molar-refractivity contribution in [3.63, 3.8) is 0 Å². The number of aliphatic hydroxyl groups excluding tert-OH is 1. The second-order valence-corrected chi connectivity index (χ2v) is 4.58. The minimum atomic E-state index is -0.521. The molecule has 0 aromatic heterocycles. The minimum absolute atomic E-state index is 0.00509. The van der Waals surface area contributed by atoms with E-state index in [0.717, 1.165) is 0 Å². The maximum absolute atomic E-state index is 11.9. The van der Waals surface area contributed by atoms with Crippen molar-refractivity contribution in [1.82, 2.24) is 4.90 Å². The van der Waals surface area contributed by atoms with Crippen LogP contribution in [0.5, 0.6) is 0 Å². The molecule has 15 heavy (non-hydrogen) atoms. The molecule has 0 bridgehead atoms. The third-order valence-corrected chi connectivity index (χ3v) is 2.66. The van der Waals surface area contributed by atoms with Gasteiger partial charge >= 0.3 is 0 Å². The van der Waals surface area contributed by atoms with Gasteiger partial charge in [0.1, 0.15) is 5.78 Å². The van der Waals surface area contributed by atoms with Crippen molar-refractivity contribution in [3.8, 4) is 0 Å². The van der Waals surface area contributed by atoms with Crippen molar-refractivity contribution < 1.29 is 14.7 Å². The van der Waals surface area contributed by atoms with Gasteiger partial charge in [-0.15, -0.1) is 0 Å². The molecule has 86 valence electrons. The number of ketones is 1. The highest BCUT2D eigenvalue weighted by atomic mass is 16.3. The van der Waals surface area contributed by atoms with E-state index in [2.05, 4.69) is 0 Å². The van der Waals surface area contributed by atoms with Gasteiger partial charge in [-0.2, -0.15) is 0 Å². The molecule has 0 heterocycles. The fraction of sp³-hybridized carbons (Fsp3) is 0.818. The van der Waals surface area contributed by atoms with Crippen LogP contribution in [0.3, 0.4) is 0 Å². The summed E-state index contributed by atoms with van der Waals surface area (Å²) in [6.07, 6.45) is 0.233. The molecule has 1 N–H and O–H groups in total. The lowest BCUT2D eigenvalue weighted by atomic mass is 9.82. The van der Waals surface area contributed by atoms with E-state index in [4.69, 9.17) is 0 Å². The predicted octanol–water partition coefficient (Wildman–Crippen LogP) is 0.583. The molecule has 1 unspecified atom stereocenters. The van der Waals surface area contributed by atoms with Crippen LogP contribution in [0.4, 0.5) is 0 Å². The molecule has 0 aromatic rings. The van der Waals surface area contributed by atoms with E-state index in [-0.39, 0.29) is 23.7 Å². The molecule has 1 saturated carbocycles. The Labute approximate surface area is 90.3 Å². The Balaban J connectivity index is 2.55. The summed E-state index contributed by atoms with van der Waals surface area (Å²) >= 11 is 0. The van der Waals surface area contributed by atoms with Gasteiger partial charge in [-0.1, -0.05) is 0 Å². The average Bonchev–Trinajstić information content (AvgIpc) is 2.07. The fourth-order valence-corrected chi connectivity index (χ4v) is 1.74. The Morgan fingerprint density at radius 3 is 2.33 bits per heavy atom. The van der Waals surface area contributed by atoms with Gasteiger partial charge in [0, 0.05) is 25.4 Å². The second kappa shape index (κ2) is 4.75. The molecule has 0 saturated heterocycles. The number of aliphatic hydroxyl groups is 1. The van der Waals surface area contributed by atoms with Gasteiger partial charge < -0.3 is 10.0 Å². The Kier molecular flexibility index (Phi) is 3.85. The van der Waals surface area contributed by atoms with Crippen LogP contribution in [0.25, 0.3) is 0 Å². The average molecular weight is 213 g/mol. The van der Waals surface area contributed by atoms with Crippen LogP contribution in [-0.4, -0.2) is 40.4 Å². The number of carbonyl (C=O) groups is 2. The van der Waals surface area contributed by atoms with Crippen molar-refractivity contribution in [2.75, 3.05) is 6.54 Å². The Hall–Kier alpha value is -0.900. The molecule has 1 fully saturated rings. The molecule has 0 aromatic carbocycles. The number of hydrogen-bond donors (Lipinski definition) is 1. The third kappa shape index (κ3) is 3.02. The monoisotopic (exact) mass is 213 g/mol. The first-order chi connectivity index (χ1) is 6.91. The van der Waals surface area contributed by atoms with Crippen molar-refractivity contribution in [2.24, 2.45) is 5.92 Å². The molecule has 1 atom stereocenters. The topological polar surface area (TPSA) is 57.6 Å². The van der Waals surface area contributed by atoms with Crippen molar-refractivity contribution in [2.45, 2.75) is 45.8 Å². The molecule has 0 aliphatic heterocycles. The highest BCUT2D eigenvalue weighted by Crippen LogP contribution is 2.25. The first-order valence-electron chi connectivity index (χ1n) is 5.42. The van der Waals surface area contributed by atoms with Gasteiger partial charge in [-0.3, -0.25) is 9.59 Å². The first-order valence-corrected chi connectivity index (χ1v) is 5.42. The maximum atomic E-state index is 11.9. The van der Waals surface area contributed by atoms with Crippen LogP contribution in [0.2, 0.25) is 0 Å². The van der Waals surface area contributed by atoms with Crippen LogP contribution in [0, 0.1) is 5.92 Å². The van der Waals surface area contributed by atoms with Gasteiger partial charge in [-0.25, -0.2) is 0 Å². The van der Waals surface area contributed by atoms with E-state index in [0.29, 0.717) is 19.4 Å². The van der Waals surface area contributed by atoms with Crippen molar-refractivity contribution in [1.29, 1.82) is 0 Å². The van der Waals surface area contributed by atoms with E-state index in [1.807, 2.05) is 13.8 Å². The summed E-state index contributed by atoms with van der Waals surface area (Å²) in [6.45, 7) is 5.84. The van der Waals surface area contributed by atoms with E-state index < -0.39 is 6.10 Å². The molecule has 0 spiro atoms. The van der Waals surface area contributed by atoms with Crippen LogP contribution < -0.4 is 0 Å². The Morgan fingerprint density at radius 1 is 1.47 bits per heavy atom. The van der Waals surface area contributed by atoms with Crippen LogP contribution >= 0.6 is 0 Å². The maximum Gasteiger partial charge on any atom is 0.226 e. The summed E-state index contributed by atoms with van der Waals surface area (Å²) in [5.74, 6) is 0.0262. The van der Waals surface area contributed by atoms with Crippen LogP contribution in [0.1, 0.15) is 33.6 Å². The lowest BCUT2D eigenvalue weighted by Crippen LogP contribution is -2.47. The van der Waals surface area contributed by atoms with Gasteiger partial charge in [-0.05, 0) is 20.8 Å². The van der Waals surface area contributed by atoms with Gasteiger partial charge in [0.2, 0.25) is 5.91 Å². The van der Waals surface area contributed by atoms with E-state index in [1.165, 1.54) is 0 Å². The molecule has 1 rings (SSSR count). The first kappa shape index (κ1) is 12.2. The van der Waals surface area contributed by atoms with Crippen molar-refractivity contribution in [3.05, 3.63) is 0 Å². The normalized spacial score (nSPS) is 18.9. The fourth-order valence-electron chi connectivity index (χ4n) is 1.74. The number of rotatable bonds is 4. The SMILES string of the molecule is CC(O)CN(C(=O)C1CC(=O)C1)C(C)C. The molecule has 1 aliphatic rings. The highest BCUT2D eigenvalue weighted by Gasteiger charge is 2.36. The van der Waals surface area contributed by atoms with Gasteiger partial charge in [0.05, 0.1) is 12.0 Å².